The lowest BCUT2D eigenvalue weighted by molar-refractivity contribution is -0.384. The number of nitrogens with one attached hydrogen (secondary N) is 1. The van der Waals surface area contributed by atoms with Crippen molar-refractivity contribution in [2.75, 3.05) is 11.9 Å². The Labute approximate surface area is 160 Å². The van der Waals surface area contributed by atoms with Crippen LogP contribution in [0.15, 0.2) is 78.9 Å². The van der Waals surface area contributed by atoms with Crippen molar-refractivity contribution < 1.29 is 19.2 Å². The largest absolute Gasteiger partial charge is 0.452 e. The van der Waals surface area contributed by atoms with Crippen LogP contribution >= 0.6 is 0 Å². The molecule has 7 nitrogen and oxygen atoms in total. The van der Waals surface area contributed by atoms with Gasteiger partial charge in [-0.2, -0.15) is 0 Å². The molecule has 0 atom stereocenters. The van der Waals surface area contributed by atoms with Crippen molar-refractivity contribution in [2.24, 2.45) is 0 Å². The number of non-ortho nitro benzene ring substituents is 1. The van der Waals surface area contributed by atoms with Crippen molar-refractivity contribution in [3.05, 3.63) is 94.5 Å². The number of carbonyl (C=O) groups excluding carboxylic acids is 2. The molecular formula is C21H16N2O5. The smallest absolute Gasteiger partial charge is 0.339 e. The number of benzene rings is 3. The zero-order chi connectivity index (χ0) is 19.9. The van der Waals surface area contributed by atoms with E-state index in [0.717, 1.165) is 5.56 Å². The molecule has 3 aromatic rings. The van der Waals surface area contributed by atoms with Gasteiger partial charge in [-0.3, -0.25) is 14.9 Å². The van der Waals surface area contributed by atoms with Gasteiger partial charge in [-0.05, 0) is 23.3 Å². The number of nitrogens with zero attached hydrogens (tertiary/aromatic N) is 1. The summed E-state index contributed by atoms with van der Waals surface area (Å²) in [5.41, 5.74) is 2.01. The maximum atomic E-state index is 12.4. The van der Waals surface area contributed by atoms with Gasteiger partial charge in [0.2, 0.25) is 0 Å². The standard InChI is InChI=1S/C21H16N2O5/c24-20(22-16-9-6-10-17(13-16)23(26)27)14-28-21(25)19-12-5-4-11-18(19)15-7-2-1-3-8-15/h1-13H,14H2,(H,22,24). The lowest BCUT2D eigenvalue weighted by Gasteiger charge is -2.10. The van der Waals surface area contributed by atoms with Crippen LogP contribution in [0.4, 0.5) is 11.4 Å². The van der Waals surface area contributed by atoms with E-state index in [1.165, 1.54) is 24.3 Å². The summed E-state index contributed by atoms with van der Waals surface area (Å²) in [4.78, 5) is 34.7. The van der Waals surface area contributed by atoms with Crippen LogP contribution in [-0.2, 0) is 9.53 Å². The summed E-state index contributed by atoms with van der Waals surface area (Å²) in [6.45, 7) is -0.509. The molecule has 1 N–H and O–H groups in total. The average molecular weight is 376 g/mol. The lowest BCUT2D eigenvalue weighted by Crippen LogP contribution is -2.21. The summed E-state index contributed by atoms with van der Waals surface area (Å²) in [5, 5.41) is 13.3. The number of ether oxygens (including phenoxy) is 1. The van der Waals surface area contributed by atoms with Crippen LogP contribution in [-0.4, -0.2) is 23.4 Å². The number of hydrogen-bond acceptors (Lipinski definition) is 5. The fourth-order valence-electron chi connectivity index (χ4n) is 2.63. The van der Waals surface area contributed by atoms with Gasteiger partial charge in [-0.25, -0.2) is 4.79 Å². The molecule has 0 saturated heterocycles. The zero-order valence-corrected chi connectivity index (χ0v) is 14.7. The van der Waals surface area contributed by atoms with Gasteiger partial charge in [0.25, 0.3) is 11.6 Å². The number of rotatable bonds is 6. The lowest BCUT2D eigenvalue weighted by atomic mass is 10.00. The van der Waals surface area contributed by atoms with Gasteiger partial charge < -0.3 is 10.1 Å². The number of esters is 1. The number of hydrogen-bond donors (Lipinski definition) is 1. The monoisotopic (exact) mass is 376 g/mol. The Morgan fingerprint density at radius 1 is 0.929 bits per heavy atom. The molecule has 0 spiro atoms. The minimum Gasteiger partial charge on any atom is -0.452 e. The van der Waals surface area contributed by atoms with E-state index >= 15 is 0 Å². The van der Waals surface area contributed by atoms with Crippen molar-refractivity contribution in [1.29, 1.82) is 0 Å². The van der Waals surface area contributed by atoms with Crippen LogP contribution in [0, 0.1) is 10.1 Å². The number of amides is 1. The Morgan fingerprint density at radius 3 is 2.39 bits per heavy atom. The fraction of sp³-hybridized carbons (Fsp3) is 0.0476. The van der Waals surface area contributed by atoms with E-state index in [1.807, 2.05) is 36.4 Å². The summed E-state index contributed by atoms with van der Waals surface area (Å²) in [7, 11) is 0. The third-order valence-corrected chi connectivity index (χ3v) is 3.91. The van der Waals surface area contributed by atoms with Gasteiger partial charge in [0.15, 0.2) is 6.61 Å². The molecule has 0 aromatic heterocycles. The molecule has 0 bridgehead atoms. The molecule has 0 radical (unpaired) electrons. The Kier molecular flexibility index (Phi) is 5.76. The first-order valence-corrected chi connectivity index (χ1v) is 8.40. The first-order valence-electron chi connectivity index (χ1n) is 8.40. The van der Waals surface area contributed by atoms with E-state index < -0.39 is 23.4 Å². The average Bonchev–Trinajstić information content (AvgIpc) is 2.73. The molecule has 28 heavy (non-hydrogen) atoms. The highest BCUT2D eigenvalue weighted by atomic mass is 16.6. The molecule has 0 unspecified atom stereocenters. The van der Waals surface area contributed by atoms with Crippen LogP contribution in [0.1, 0.15) is 10.4 Å². The van der Waals surface area contributed by atoms with Crippen molar-refractivity contribution in [2.45, 2.75) is 0 Å². The van der Waals surface area contributed by atoms with Crippen LogP contribution in [0.5, 0.6) is 0 Å². The quantitative estimate of drug-likeness (QED) is 0.397. The number of nitro benzene ring substituents is 1. The van der Waals surface area contributed by atoms with Crippen molar-refractivity contribution in [1.82, 2.24) is 0 Å². The molecule has 3 aromatic carbocycles. The fourth-order valence-corrected chi connectivity index (χ4v) is 2.63. The minimum absolute atomic E-state index is 0.147. The van der Waals surface area contributed by atoms with E-state index in [4.69, 9.17) is 4.74 Å². The molecule has 140 valence electrons. The first kappa shape index (κ1) is 18.8. The van der Waals surface area contributed by atoms with Crippen molar-refractivity contribution in [3.63, 3.8) is 0 Å². The molecular weight excluding hydrogens is 360 g/mol. The first-order chi connectivity index (χ1) is 13.5. The summed E-state index contributed by atoms with van der Waals surface area (Å²) in [6, 6.07) is 21.8. The highest BCUT2D eigenvalue weighted by Gasteiger charge is 2.15. The van der Waals surface area contributed by atoms with Crippen molar-refractivity contribution >= 4 is 23.3 Å². The molecule has 1 amide bonds. The SMILES string of the molecule is O=C(COC(=O)c1ccccc1-c1ccccc1)Nc1cccc([N+](=O)[O-])c1. The second-order valence-corrected chi connectivity index (χ2v) is 5.84. The summed E-state index contributed by atoms with van der Waals surface area (Å²) in [6.07, 6.45) is 0. The second kappa shape index (κ2) is 8.59. The maximum Gasteiger partial charge on any atom is 0.339 e. The predicted octanol–water partition coefficient (Wildman–Crippen LogP) is 4.06. The third kappa shape index (κ3) is 4.59. The number of carbonyl (C=O) groups is 2. The van der Waals surface area contributed by atoms with E-state index in [2.05, 4.69) is 5.32 Å². The normalized spacial score (nSPS) is 10.1. The van der Waals surface area contributed by atoms with E-state index in [0.29, 0.717) is 11.1 Å². The van der Waals surface area contributed by atoms with Gasteiger partial charge in [0.1, 0.15) is 0 Å². The van der Waals surface area contributed by atoms with Crippen molar-refractivity contribution in [3.8, 4) is 11.1 Å². The summed E-state index contributed by atoms with van der Waals surface area (Å²) in [5.74, 6) is -1.22. The molecule has 0 heterocycles. The van der Waals surface area contributed by atoms with Crippen LogP contribution < -0.4 is 5.32 Å². The summed E-state index contributed by atoms with van der Waals surface area (Å²) < 4.78 is 5.12. The Balaban J connectivity index is 1.66. The minimum atomic E-state index is -0.631. The maximum absolute atomic E-state index is 12.4. The summed E-state index contributed by atoms with van der Waals surface area (Å²) >= 11 is 0. The highest BCUT2D eigenvalue weighted by Crippen LogP contribution is 2.24. The topological polar surface area (TPSA) is 98.5 Å². The zero-order valence-electron chi connectivity index (χ0n) is 14.7. The van der Waals surface area contributed by atoms with Crippen LogP contribution in [0.2, 0.25) is 0 Å². The number of nitro groups is 1. The van der Waals surface area contributed by atoms with Gasteiger partial charge in [0.05, 0.1) is 10.5 Å². The van der Waals surface area contributed by atoms with Gasteiger partial charge in [-0.1, -0.05) is 54.6 Å². The van der Waals surface area contributed by atoms with E-state index in [1.54, 1.807) is 18.2 Å². The van der Waals surface area contributed by atoms with Crippen LogP contribution in [0.25, 0.3) is 11.1 Å². The Hall–Kier alpha value is -4.00. The Bertz CT molecular complexity index is 1020. The molecule has 7 heteroatoms. The molecule has 3 rings (SSSR count). The third-order valence-electron chi connectivity index (χ3n) is 3.91. The van der Waals surface area contributed by atoms with Crippen LogP contribution in [0.3, 0.4) is 0 Å². The molecule has 0 aliphatic carbocycles. The van der Waals surface area contributed by atoms with Gasteiger partial charge in [0, 0.05) is 17.8 Å². The van der Waals surface area contributed by atoms with Gasteiger partial charge in [-0.15, -0.1) is 0 Å². The van der Waals surface area contributed by atoms with Gasteiger partial charge >= 0.3 is 5.97 Å². The molecule has 0 aliphatic rings. The molecule has 0 saturated carbocycles. The number of anilines is 1. The predicted molar refractivity (Wildman–Crippen MR) is 104 cm³/mol. The highest BCUT2D eigenvalue weighted by molar-refractivity contribution is 5.99. The van der Waals surface area contributed by atoms with E-state index in [-0.39, 0.29) is 11.4 Å². The second-order valence-electron chi connectivity index (χ2n) is 5.84. The molecule has 0 aliphatic heterocycles. The van der Waals surface area contributed by atoms with E-state index in [9.17, 15) is 19.7 Å². The molecule has 0 fully saturated rings. The Morgan fingerprint density at radius 2 is 1.64 bits per heavy atom.